The number of benzene rings is 8. The first-order chi connectivity index (χ1) is 25.8. The van der Waals surface area contributed by atoms with Crippen LogP contribution in [-0.2, 0) is 0 Å². The van der Waals surface area contributed by atoms with E-state index in [0.717, 1.165) is 50.5 Å². The second-order valence-corrected chi connectivity index (χ2v) is 13.0. The Morgan fingerprint density at radius 3 is 1.44 bits per heavy atom. The maximum absolute atomic E-state index is 6.19. The van der Waals surface area contributed by atoms with E-state index in [2.05, 4.69) is 199 Å². The van der Waals surface area contributed by atoms with E-state index in [-0.39, 0.29) is 0 Å². The fraction of sp³-hybridized carbons (Fsp3) is 0. The molecular weight excluding hydrogens is 631 g/mol. The van der Waals surface area contributed by atoms with Crippen LogP contribution < -0.4 is 4.90 Å². The van der Waals surface area contributed by atoms with Gasteiger partial charge in [-0.05, 0) is 99.1 Å². The van der Waals surface area contributed by atoms with Gasteiger partial charge in [-0.15, -0.1) is 0 Å². The zero-order valence-electron chi connectivity index (χ0n) is 28.6. The van der Waals surface area contributed by atoms with Crippen LogP contribution in [0.2, 0.25) is 0 Å². The maximum Gasteiger partial charge on any atom is 0.135 e. The second-order valence-electron chi connectivity index (χ2n) is 13.0. The Morgan fingerprint density at radius 1 is 0.288 bits per heavy atom. The summed E-state index contributed by atoms with van der Waals surface area (Å²) in [5, 5.41) is 1.11. The lowest BCUT2D eigenvalue weighted by atomic mass is 9.94. The number of fused-ring (bicyclic) bond motifs is 1. The van der Waals surface area contributed by atoms with Crippen LogP contribution in [0.25, 0.3) is 66.8 Å². The molecule has 0 bridgehead atoms. The molecular formula is C50H35NO. The molecule has 52 heavy (non-hydrogen) atoms. The van der Waals surface area contributed by atoms with Gasteiger partial charge in [0.25, 0.3) is 0 Å². The largest absolute Gasteiger partial charge is 0.456 e. The molecule has 1 aromatic heterocycles. The van der Waals surface area contributed by atoms with Gasteiger partial charge in [-0.2, -0.15) is 0 Å². The van der Waals surface area contributed by atoms with E-state index < -0.39 is 0 Å². The first kappa shape index (κ1) is 31.1. The summed E-state index contributed by atoms with van der Waals surface area (Å²) in [6.45, 7) is 0. The van der Waals surface area contributed by atoms with E-state index >= 15 is 0 Å². The summed E-state index contributed by atoms with van der Waals surface area (Å²) in [5.41, 5.74) is 14.7. The minimum absolute atomic E-state index is 0.874. The number of para-hydroxylation sites is 1. The lowest BCUT2D eigenvalue weighted by Gasteiger charge is -2.26. The van der Waals surface area contributed by atoms with Gasteiger partial charge in [-0.3, -0.25) is 0 Å². The average molecular weight is 666 g/mol. The van der Waals surface area contributed by atoms with Gasteiger partial charge in [0.2, 0.25) is 0 Å². The van der Waals surface area contributed by atoms with Crippen LogP contribution in [0, 0.1) is 0 Å². The van der Waals surface area contributed by atoms with Gasteiger partial charge >= 0.3 is 0 Å². The van der Waals surface area contributed by atoms with Crippen LogP contribution in [0.15, 0.2) is 217 Å². The van der Waals surface area contributed by atoms with Crippen molar-refractivity contribution in [2.45, 2.75) is 0 Å². The summed E-state index contributed by atoms with van der Waals surface area (Å²) in [7, 11) is 0. The summed E-state index contributed by atoms with van der Waals surface area (Å²) in [4.78, 5) is 2.34. The van der Waals surface area contributed by atoms with Gasteiger partial charge in [0.1, 0.15) is 11.3 Å². The molecule has 0 radical (unpaired) electrons. The molecule has 0 atom stereocenters. The molecule has 0 saturated carbocycles. The summed E-state index contributed by atoms with van der Waals surface area (Å²) >= 11 is 0. The average Bonchev–Trinajstić information content (AvgIpc) is 3.67. The minimum atomic E-state index is 0.874. The highest BCUT2D eigenvalue weighted by molar-refractivity contribution is 5.87. The Bertz CT molecular complexity index is 2570. The Kier molecular flexibility index (Phi) is 8.24. The third-order valence-corrected chi connectivity index (χ3v) is 9.69. The van der Waals surface area contributed by atoms with Gasteiger partial charge in [0, 0.05) is 28.0 Å². The Balaban J connectivity index is 1.09. The van der Waals surface area contributed by atoms with E-state index in [1.54, 1.807) is 0 Å². The zero-order valence-corrected chi connectivity index (χ0v) is 28.6. The molecule has 2 heteroatoms. The number of furan rings is 1. The lowest BCUT2D eigenvalue weighted by molar-refractivity contribution is 0.631. The molecule has 9 aromatic rings. The van der Waals surface area contributed by atoms with Gasteiger partial charge in [-0.25, -0.2) is 0 Å². The SMILES string of the molecule is c1ccc(-c2cccc(N(c3ccc(-c4cccc(-c5cc6ccccc6o5)c4)cc3)c3ccc(-c4ccccc4-c4ccccc4)cc3)c2)cc1. The number of hydrogen-bond acceptors (Lipinski definition) is 2. The Labute approximate surface area is 304 Å². The van der Waals surface area contributed by atoms with Crippen molar-refractivity contribution in [3.63, 3.8) is 0 Å². The molecule has 0 spiro atoms. The monoisotopic (exact) mass is 665 g/mol. The fourth-order valence-corrected chi connectivity index (χ4v) is 7.08. The molecule has 0 saturated heterocycles. The normalized spacial score (nSPS) is 11.1. The van der Waals surface area contributed by atoms with E-state index in [9.17, 15) is 0 Å². The van der Waals surface area contributed by atoms with Crippen LogP contribution >= 0.6 is 0 Å². The Hall–Kier alpha value is -6.90. The maximum atomic E-state index is 6.19. The smallest absolute Gasteiger partial charge is 0.135 e. The fourth-order valence-electron chi connectivity index (χ4n) is 7.08. The van der Waals surface area contributed by atoms with E-state index in [0.29, 0.717) is 0 Å². The molecule has 0 N–H and O–H groups in total. The van der Waals surface area contributed by atoms with Gasteiger partial charge in [-0.1, -0.05) is 158 Å². The van der Waals surface area contributed by atoms with E-state index in [4.69, 9.17) is 4.42 Å². The van der Waals surface area contributed by atoms with Crippen LogP contribution in [0.5, 0.6) is 0 Å². The minimum Gasteiger partial charge on any atom is -0.456 e. The predicted molar refractivity (Wildman–Crippen MR) is 218 cm³/mol. The molecule has 0 aliphatic heterocycles. The van der Waals surface area contributed by atoms with E-state index in [1.165, 1.54) is 33.4 Å². The number of nitrogens with zero attached hydrogens (tertiary/aromatic N) is 1. The predicted octanol–water partition coefficient (Wildman–Crippen LogP) is 14.2. The lowest BCUT2D eigenvalue weighted by Crippen LogP contribution is -2.10. The third kappa shape index (κ3) is 6.19. The van der Waals surface area contributed by atoms with Crippen LogP contribution in [0.3, 0.4) is 0 Å². The highest BCUT2D eigenvalue weighted by Crippen LogP contribution is 2.40. The molecule has 0 unspecified atom stereocenters. The summed E-state index contributed by atoms with van der Waals surface area (Å²) < 4.78 is 6.19. The molecule has 8 aromatic carbocycles. The molecule has 0 amide bonds. The number of hydrogen-bond donors (Lipinski definition) is 0. The van der Waals surface area contributed by atoms with Crippen molar-refractivity contribution >= 4 is 28.0 Å². The molecule has 246 valence electrons. The van der Waals surface area contributed by atoms with Crippen molar-refractivity contribution in [2.24, 2.45) is 0 Å². The molecule has 2 nitrogen and oxygen atoms in total. The standard InChI is InChI=1S/C50H35NO/c1-3-13-36(14-4-1)41-19-12-21-46(34-41)51(45-31-27-39(28-32-45)48-23-9-8-22-47(48)38-15-5-2-6-16-38)44-29-25-37(26-30-44)40-18-11-20-42(33-40)50-35-43-17-7-10-24-49(43)52-50/h1-35H. The van der Waals surface area contributed by atoms with Crippen molar-refractivity contribution in [1.82, 2.24) is 0 Å². The first-order valence-electron chi connectivity index (χ1n) is 17.7. The summed E-state index contributed by atoms with van der Waals surface area (Å²) in [6.07, 6.45) is 0. The second kappa shape index (κ2) is 13.8. The van der Waals surface area contributed by atoms with Crippen LogP contribution in [-0.4, -0.2) is 0 Å². The summed E-state index contributed by atoms with van der Waals surface area (Å²) in [6, 6.07) is 75.3. The highest BCUT2D eigenvalue weighted by Gasteiger charge is 2.16. The van der Waals surface area contributed by atoms with Crippen molar-refractivity contribution in [3.8, 4) is 55.8 Å². The van der Waals surface area contributed by atoms with Gasteiger partial charge < -0.3 is 9.32 Å². The molecule has 0 fully saturated rings. The molecule has 0 aliphatic rings. The molecule has 1 heterocycles. The number of anilines is 3. The third-order valence-electron chi connectivity index (χ3n) is 9.69. The van der Waals surface area contributed by atoms with Crippen molar-refractivity contribution < 1.29 is 4.42 Å². The number of rotatable bonds is 8. The van der Waals surface area contributed by atoms with Crippen molar-refractivity contribution in [1.29, 1.82) is 0 Å². The van der Waals surface area contributed by atoms with Crippen molar-refractivity contribution in [2.75, 3.05) is 4.90 Å². The van der Waals surface area contributed by atoms with Gasteiger partial charge in [0.05, 0.1) is 0 Å². The summed E-state index contributed by atoms with van der Waals surface area (Å²) in [5.74, 6) is 0.874. The van der Waals surface area contributed by atoms with Crippen molar-refractivity contribution in [3.05, 3.63) is 212 Å². The van der Waals surface area contributed by atoms with Crippen LogP contribution in [0.4, 0.5) is 17.1 Å². The van der Waals surface area contributed by atoms with Crippen LogP contribution in [0.1, 0.15) is 0 Å². The molecule has 0 aliphatic carbocycles. The first-order valence-corrected chi connectivity index (χ1v) is 17.7. The zero-order chi connectivity index (χ0) is 34.7. The highest BCUT2D eigenvalue weighted by atomic mass is 16.3. The quantitative estimate of drug-likeness (QED) is 0.161. The van der Waals surface area contributed by atoms with E-state index in [1.807, 2.05) is 18.2 Å². The topological polar surface area (TPSA) is 16.4 Å². The van der Waals surface area contributed by atoms with Gasteiger partial charge in [0.15, 0.2) is 0 Å². The Morgan fingerprint density at radius 2 is 0.769 bits per heavy atom. The molecule has 9 rings (SSSR count).